The SMILES string of the molecule is CC1C(C(F)(F)F)CCCC1C(F)(F)F.CC1CCC(C)CC1.CC1CCC(OC(F)(F)F)C(OC(F)(F)F)C1.F.F.F. The Morgan fingerprint density at radius 1 is 0.442 bits per heavy atom. The fraction of sp³-hybridized carbons (Fsp3) is 1.00. The predicted molar refractivity (Wildman–Crippen MR) is 131 cm³/mol. The third kappa shape index (κ3) is 18.4. The van der Waals surface area contributed by atoms with Gasteiger partial charge in [0.25, 0.3) is 0 Å². The van der Waals surface area contributed by atoms with E-state index in [0.29, 0.717) is 6.42 Å². The van der Waals surface area contributed by atoms with Gasteiger partial charge in [-0.15, -0.1) is 26.3 Å². The van der Waals surface area contributed by atoms with Gasteiger partial charge in [-0.1, -0.05) is 59.8 Å². The predicted octanol–water partition coefficient (Wildman–Crippen LogP) is 11.1. The molecule has 3 fully saturated rings. The van der Waals surface area contributed by atoms with Crippen LogP contribution in [0.4, 0.5) is 66.8 Å². The molecule has 43 heavy (non-hydrogen) atoms. The van der Waals surface area contributed by atoms with E-state index in [-0.39, 0.29) is 52.1 Å². The van der Waals surface area contributed by atoms with Crippen LogP contribution in [-0.2, 0) is 9.47 Å². The number of halogens is 15. The highest BCUT2D eigenvalue weighted by Crippen LogP contribution is 2.49. The van der Waals surface area contributed by atoms with Crippen LogP contribution in [-0.4, -0.2) is 37.3 Å². The highest BCUT2D eigenvalue weighted by molar-refractivity contribution is 4.87. The van der Waals surface area contributed by atoms with Crippen molar-refractivity contribution in [2.45, 2.75) is 129 Å². The van der Waals surface area contributed by atoms with E-state index in [1.807, 2.05) is 0 Å². The Labute approximate surface area is 241 Å². The first-order valence-corrected chi connectivity index (χ1v) is 13.6. The quantitative estimate of drug-likeness (QED) is 0.272. The van der Waals surface area contributed by atoms with Gasteiger partial charge in [0.05, 0.1) is 24.0 Å². The average molecular weight is 673 g/mol. The van der Waals surface area contributed by atoms with Crippen molar-refractivity contribution in [1.82, 2.24) is 0 Å². The Bertz CT molecular complexity index is 681. The maximum atomic E-state index is 12.4. The van der Waals surface area contributed by atoms with Gasteiger partial charge in [-0.05, 0) is 55.8 Å². The van der Waals surface area contributed by atoms with Crippen LogP contribution in [0.1, 0.15) is 91.9 Å². The van der Waals surface area contributed by atoms with Crippen molar-refractivity contribution in [3.8, 4) is 0 Å². The maximum absolute atomic E-state index is 12.4. The minimum absolute atomic E-state index is 0. The second kappa shape index (κ2) is 18.7. The molecule has 0 amide bonds. The molecule has 3 rings (SSSR count). The lowest BCUT2D eigenvalue weighted by molar-refractivity contribution is -0.393. The molecule has 5 unspecified atom stereocenters. The van der Waals surface area contributed by atoms with Gasteiger partial charge in [0.1, 0.15) is 0 Å². The summed E-state index contributed by atoms with van der Waals surface area (Å²) in [5, 5.41) is 0. The summed E-state index contributed by atoms with van der Waals surface area (Å²) in [5.41, 5.74) is 0. The molecule has 264 valence electrons. The van der Waals surface area contributed by atoms with E-state index in [1.54, 1.807) is 6.92 Å². The molecule has 0 aromatic rings. The average Bonchev–Trinajstić information content (AvgIpc) is 2.75. The van der Waals surface area contributed by atoms with Gasteiger partial charge >= 0.3 is 25.1 Å². The van der Waals surface area contributed by atoms with Gasteiger partial charge in [0.15, 0.2) is 0 Å². The maximum Gasteiger partial charge on any atom is 0.522 e. The molecule has 0 spiro atoms. The highest BCUT2D eigenvalue weighted by atomic mass is 19.4. The van der Waals surface area contributed by atoms with Gasteiger partial charge in [0, 0.05) is 0 Å². The standard InChI is InChI=1S/C9H12F6O2.C9H12F6.C8H16.3FH/c1-5-2-3-6(16-8(10,11)12)7(4-5)17-9(13,14)15;1-5-6(8(10,11)12)3-2-4-7(5)9(13,14)15;1-7-3-5-8(2)6-4-7;;;/h5-7H,2-4H2,1H3;5-7H,2-4H2,1H3;7-8H,3-6H2,1-2H3;3*1H. The summed E-state index contributed by atoms with van der Waals surface area (Å²) < 4.78 is 154. The molecule has 0 N–H and O–H groups in total. The van der Waals surface area contributed by atoms with E-state index in [4.69, 9.17) is 0 Å². The zero-order valence-electron chi connectivity index (χ0n) is 24.3. The van der Waals surface area contributed by atoms with E-state index in [1.165, 1.54) is 25.7 Å². The second-order valence-corrected chi connectivity index (χ2v) is 11.6. The molecule has 2 nitrogen and oxygen atoms in total. The molecular formula is C26H43F15O2. The fourth-order valence-electron chi connectivity index (χ4n) is 5.62. The Hall–Kier alpha value is -1.13. The van der Waals surface area contributed by atoms with E-state index < -0.39 is 55.0 Å². The number of alkyl halides is 12. The molecule has 0 bridgehead atoms. The van der Waals surface area contributed by atoms with Crippen LogP contribution in [0.15, 0.2) is 0 Å². The minimum Gasteiger partial charge on any atom is -0.286 e. The normalized spacial score (nSPS) is 31.8. The summed E-state index contributed by atoms with van der Waals surface area (Å²) in [6.45, 7) is 7.45. The Morgan fingerprint density at radius 3 is 1.09 bits per heavy atom. The van der Waals surface area contributed by atoms with Crippen LogP contribution in [0.3, 0.4) is 0 Å². The molecule has 0 aliphatic heterocycles. The lowest BCUT2D eigenvalue weighted by atomic mass is 9.72. The number of hydrogen-bond acceptors (Lipinski definition) is 2. The van der Waals surface area contributed by atoms with Crippen LogP contribution in [0.25, 0.3) is 0 Å². The van der Waals surface area contributed by atoms with E-state index in [2.05, 4.69) is 23.3 Å². The molecule has 5 atom stereocenters. The molecule has 0 aromatic heterocycles. The molecule has 3 aliphatic rings. The summed E-state index contributed by atoms with van der Waals surface area (Å²) in [4.78, 5) is 0. The fourth-order valence-corrected chi connectivity index (χ4v) is 5.62. The molecule has 3 aliphatic carbocycles. The summed E-state index contributed by atoms with van der Waals surface area (Å²) >= 11 is 0. The minimum atomic E-state index is -4.95. The highest BCUT2D eigenvalue weighted by Gasteiger charge is 2.54. The molecule has 0 heterocycles. The Morgan fingerprint density at radius 2 is 0.767 bits per heavy atom. The Balaban J connectivity index is -0.000000567. The topological polar surface area (TPSA) is 18.5 Å². The van der Waals surface area contributed by atoms with Crippen molar-refractivity contribution in [2.75, 3.05) is 0 Å². The first kappa shape index (κ1) is 46.3. The van der Waals surface area contributed by atoms with Crippen molar-refractivity contribution in [3.05, 3.63) is 0 Å². The van der Waals surface area contributed by atoms with Crippen LogP contribution in [0, 0.1) is 35.5 Å². The van der Waals surface area contributed by atoms with Crippen LogP contribution in [0.2, 0.25) is 0 Å². The number of rotatable bonds is 2. The lowest BCUT2D eigenvalue weighted by Crippen LogP contribution is -2.43. The largest absolute Gasteiger partial charge is 0.522 e. The Kier molecular flexibility index (Phi) is 20.2. The summed E-state index contributed by atoms with van der Waals surface area (Å²) in [7, 11) is 0. The van der Waals surface area contributed by atoms with Crippen molar-refractivity contribution < 1.29 is 76.3 Å². The summed E-state index contributed by atoms with van der Waals surface area (Å²) in [6.07, 6.45) is -16.4. The number of ether oxygens (including phenoxy) is 2. The molecule has 3 saturated carbocycles. The third-order valence-corrected chi connectivity index (χ3v) is 8.01. The number of hydrogen-bond donors (Lipinski definition) is 0. The summed E-state index contributed by atoms with van der Waals surface area (Å²) in [5.74, 6) is -3.05. The van der Waals surface area contributed by atoms with Gasteiger partial charge in [0.2, 0.25) is 0 Å². The van der Waals surface area contributed by atoms with Gasteiger partial charge in [-0.3, -0.25) is 23.6 Å². The lowest BCUT2D eigenvalue weighted by Gasteiger charge is -2.37. The van der Waals surface area contributed by atoms with Crippen molar-refractivity contribution in [2.24, 2.45) is 35.5 Å². The zero-order valence-corrected chi connectivity index (χ0v) is 24.3. The molecule has 0 aromatic carbocycles. The monoisotopic (exact) mass is 672 g/mol. The first-order valence-electron chi connectivity index (χ1n) is 13.6. The van der Waals surface area contributed by atoms with Crippen LogP contribution >= 0.6 is 0 Å². The van der Waals surface area contributed by atoms with Crippen molar-refractivity contribution in [1.29, 1.82) is 0 Å². The van der Waals surface area contributed by atoms with Gasteiger partial charge < -0.3 is 0 Å². The molecular weight excluding hydrogens is 629 g/mol. The van der Waals surface area contributed by atoms with E-state index in [0.717, 1.165) is 18.8 Å². The third-order valence-electron chi connectivity index (χ3n) is 8.01. The molecule has 0 saturated heterocycles. The second-order valence-electron chi connectivity index (χ2n) is 11.6. The van der Waals surface area contributed by atoms with Crippen LogP contribution in [0.5, 0.6) is 0 Å². The zero-order chi connectivity index (χ0) is 31.1. The first-order chi connectivity index (χ1) is 18.0. The molecule has 0 radical (unpaired) electrons. The summed E-state index contributed by atoms with van der Waals surface area (Å²) in [6, 6.07) is 0. The van der Waals surface area contributed by atoms with Crippen molar-refractivity contribution in [3.63, 3.8) is 0 Å². The smallest absolute Gasteiger partial charge is 0.286 e. The van der Waals surface area contributed by atoms with Crippen LogP contribution < -0.4 is 0 Å². The van der Waals surface area contributed by atoms with E-state index >= 15 is 0 Å². The van der Waals surface area contributed by atoms with Gasteiger partial charge in [-0.25, -0.2) is 0 Å². The van der Waals surface area contributed by atoms with E-state index in [9.17, 15) is 52.7 Å². The molecule has 17 heteroatoms. The van der Waals surface area contributed by atoms with Gasteiger partial charge in [-0.2, -0.15) is 26.3 Å². The van der Waals surface area contributed by atoms with Crippen molar-refractivity contribution >= 4 is 0 Å².